The van der Waals surface area contributed by atoms with Gasteiger partial charge in [-0.05, 0) is 35.8 Å². The van der Waals surface area contributed by atoms with Crippen LogP contribution < -0.4 is 0 Å². The third-order valence-electron chi connectivity index (χ3n) is 5.40. The molecule has 3 rings (SSSR count). The van der Waals surface area contributed by atoms with Crippen LogP contribution in [0, 0.1) is 10.8 Å². The van der Waals surface area contributed by atoms with E-state index in [-0.39, 0.29) is 17.2 Å². The summed E-state index contributed by atoms with van der Waals surface area (Å²) in [7, 11) is 1.37. The van der Waals surface area contributed by atoms with Gasteiger partial charge >= 0.3 is 5.97 Å². The quantitative estimate of drug-likeness (QED) is 0.630. The summed E-state index contributed by atoms with van der Waals surface area (Å²) >= 11 is 0. The number of esters is 1. The smallest absolute Gasteiger partial charge is 0.319 e. The predicted octanol–water partition coefficient (Wildman–Crippen LogP) is 3.78. The van der Waals surface area contributed by atoms with Gasteiger partial charge in [0.25, 0.3) is 0 Å². The fourth-order valence-corrected chi connectivity index (χ4v) is 4.40. The number of allylic oxidation sites excluding steroid dienone is 2. The Morgan fingerprint density at radius 3 is 2.50 bits per heavy atom. The molecule has 2 atom stereocenters. The van der Waals surface area contributed by atoms with Gasteiger partial charge in [0.2, 0.25) is 0 Å². The molecule has 0 N–H and O–H groups in total. The zero-order valence-electron chi connectivity index (χ0n) is 13.4. The first-order chi connectivity index (χ1) is 10.5. The third-order valence-corrected chi connectivity index (χ3v) is 5.40. The molecular weight excluding hydrogens is 276 g/mol. The van der Waals surface area contributed by atoms with Gasteiger partial charge in [-0.3, -0.25) is 9.59 Å². The number of ketones is 1. The van der Waals surface area contributed by atoms with Crippen LogP contribution in [0.5, 0.6) is 0 Å². The van der Waals surface area contributed by atoms with E-state index >= 15 is 0 Å². The van der Waals surface area contributed by atoms with Gasteiger partial charge in [0.1, 0.15) is 5.41 Å². The SMILES string of the molecule is CC/C(=C1\C[C@]2(C(=O)OC)C[C@@]1(C)CC2=O)c1ccccc1. The van der Waals surface area contributed by atoms with Crippen molar-refractivity contribution in [3.63, 3.8) is 0 Å². The normalized spacial score (nSPS) is 32.2. The lowest BCUT2D eigenvalue weighted by Crippen LogP contribution is -2.36. The molecule has 0 amide bonds. The van der Waals surface area contributed by atoms with E-state index in [4.69, 9.17) is 4.74 Å². The van der Waals surface area contributed by atoms with Crippen molar-refractivity contribution >= 4 is 17.3 Å². The van der Waals surface area contributed by atoms with Gasteiger partial charge in [0.15, 0.2) is 5.78 Å². The zero-order chi connectivity index (χ0) is 16.0. The number of benzene rings is 1. The van der Waals surface area contributed by atoms with Crippen molar-refractivity contribution in [3.8, 4) is 0 Å². The first kappa shape index (κ1) is 15.0. The molecule has 2 aliphatic rings. The minimum Gasteiger partial charge on any atom is -0.468 e. The summed E-state index contributed by atoms with van der Waals surface area (Å²) in [5.41, 5.74) is 2.61. The van der Waals surface area contributed by atoms with E-state index < -0.39 is 5.41 Å². The van der Waals surface area contributed by atoms with Crippen LogP contribution in [-0.2, 0) is 14.3 Å². The minimum absolute atomic E-state index is 0.0501. The highest BCUT2D eigenvalue weighted by Crippen LogP contribution is 2.64. The average molecular weight is 298 g/mol. The van der Waals surface area contributed by atoms with Gasteiger partial charge in [-0.25, -0.2) is 0 Å². The molecule has 0 saturated heterocycles. The Morgan fingerprint density at radius 1 is 1.23 bits per heavy atom. The van der Waals surface area contributed by atoms with Crippen molar-refractivity contribution in [1.29, 1.82) is 0 Å². The molecule has 3 heteroatoms. The van der Waals surface area contributed by atoms with Gasteiger partial charge in [0.05, 0.1) is 7.11 Å². The van der Waals surface area contributed by atoms with Crippen molar-refractivity contribution in [2.45, 2.75) is 39.5 Å². The highest BCUT2D eigenvalue weighted by atomic mass is 16.5. The zero-order valence-corrected chi connectivity index (χ0v) is 13.4. The number of hydrogen-bond donors (Lipinski definition) is 0. The Morgan fingerprint density at radius 2 is 1.91 bits per heavy atom. The monoisotopic (exact) mass is 298 g/mol. The van der Waals surface area contributed by atoms with Crippen molar-refractivity contribution < 1.29 is 14.3 Å². The van der Waals surface area contributed by atoms with Crippen LogP contribution in [0.15, 0.2) is 35.9 Å². The molecule has 1 aromatic carbocycles. The molecule has 2 aliphatic carbocycles. The van der Waals surface area contributed by atoms with Crippen LogP contribution in [-0.4, -0.2) is 18.9 Å². The van der Waals surface area contributed by atoms with E-state index in [1.54, 1.807) is 0 Å². The molecule has 116 valence electrons. The first-order valence-electron chi connectivity index (χ1n) is 7.86. The summed E-state index contributed by atoms with van der Waals surface area (Å²) in [5, 5.41) is 0. The largest absolute Gasteiger partial charge is 0.468 e. The van der Waals surface area contributed by atoms with Crippen LogP contribution >= 0.6 is 0 Å². The number of ether oxygens (including phenoxy) is 1. The van der Waals surface area contributed by atoms with E-state index in [0.29, 0.717) is 19.3 Å². The fraction of sp³-hybridized carbons (Fsp3) is 0.474. The number of carbonyl (C=O) groups excluding carboxylic acids is 2. The van der Waals surface area contributed by atoms with E-state index in [0.717, 1.165) is 6.42 Å². The molecule has 2 saturated carbocycles. The van der Waals surface area contributed by atoms with Gasteiger partial charge < -0.3 is 4.74 Å². The number of carbonyl (C=O) groups is 2. The molecule has 2 bridgehead atoms. The summed E-state index contributed by atoms with van der Waals surface area (Å²) < 4.78 is 4.96. The molecular formula is C19H22O3. The number of rotatable bonds is 3. The Bertz CT molecular complexity index is 649. The summed E-state index contributed by atoms with van der Waals surface area (Å²) in [6, 6.07) is 10.3. The highest BCUT2D eigenvalue weighted by Gasteiger charge is 2.65. The summed E-state index contributed by atoms with van der Waals surface area (Å²) in [4.78, 5) is 24.7. The maximum absolute atomic E-state index is 12.4. The lowest BCUT2D eigenvalue weighted by atomic mass is 9.74. The van der Waals surface area contributed by atoms with E-state index in [1.165, 1.54) is 23.8 Å². The van der Waals surface area contributed by atoms with Gasteiger partial charge in [-0.2, -0.15) is 0 Å². The van der Waals surface area contributed by atoms with Crippen LogP contribution in [0.4, 0.5) is 0 Å². The van der Waals surface area contributed by atoms with Crippen molar-refractivity contribution in [2.75, 3.05) is 7.11 Å². The molecule has 0 spiro atoms. The molecule has 0 aliphatic heterocycles. The van der Waals surface area contributed by atoms with Gasteiger partial charge in [-0.15, -0.1) is 0 Å². The van der Waals surface area contributed by atoms with Crippen molar-refractivity contribution in [3.05, 3.63) is 41.5 Å². The van der Waals surface area contributed by atoms with Crippen LogP contribution in [0.2, 0.25) is 0 Å². The second kappa shape index (κ2) is 5.08. The second-order valence-corrected chi connectivity index (χ2v) is 6.76. The molecule has 0 heterocycles. The predicted molar refractivity (Wildman–Crippen MR) is 85.1 cm³/mol. The Balaban J connectivity index is 2.12. The molecule has 0 radical (unpaired) electrons. The third kappa shape index (κ3) is 1.95. The van der Waals surface area contributed by atoms with Gasteiger partial charge in [-0.1, -0.05) is 49.8 Å². The Hall–Kier alpha value is -1.90. The Kier molecular flexibility index (Phi) is 3.47. The molecule has 3 nitrogen and oxygen atoms in total. The fourth-order valence-electron chi connectivity index (χ4n) is 4.40. The van der Waals surface area contributed by atoms with E-state index in [9.17, 15) is 9.59 Å². The molecule has 1 aromatic rings. The van der Waals surface area contributed by atoms with Gasteiger partial charge in [0, 0.05) is 6.42 Å². The van der Waals surface area contributed by atoms with Crippen molar-refractivity contribution in [1.82, 2.24) is 0 Å². The lowest BCUT2D eigenvalue weighted by molar-refractivity contribution is -0.156. The topological polar surface area (TPSA) is 43.4 Å². The standard InChI is InChI=1S/C19H22O3/c1-4-14(13-8-6-5-7-9-13)15-10-19(17(21)22-3)12-18(15,2)11-16(19)20/h5-9H,4,10-12H2,1-3H3/b15-14-/t18-,19+/m1/s1. The second-order valence-electron chi connectivity index (χ2n) is 6.76. The number of methoxy groups -OCH3 is 1. The van der Waals surface area contributed by atoms with Crippen LogP contribution in [0.3, 0.4) is 0 Å². The number of Topliss-reactive ketones (excluding diaryl/α,β-unsaturated/α-hetero) is 1. The summed E-state index contributed by atoms with van der Waals surface area (Å²) in [6.07, 6.45) is 2.47. The van der Waals surface area contributed by atoms with Crippen LogP contribution in [0.1, 0.15) is 45.1 Å². The van der Waals surface area contributed by atoms with E-state index in [1.807, 2.05) is 18.2 Å². The maximum Gasteiger partial charge on any atom is 0.319 e. The molecule has 2 fully saturated rings. The highest BCUT2D eigenvalue weighted by molar-refractivity contribution is 6.08. The Labute approximate surface area is 131 Å². The number of fused-ring (bicyclic) bond motifs is 2. The molecule has 22 heavy (non-hydrogen) atoms. The lowest BCUT2D eigenvalue weighted by Gasteiger charge is -2.29. The maximum atomic E-state index is 12.4. The minimum atomic E-state index is -0.936. The van der Waals surface area contributed by atoms with Crippen LogP contribution in [0.25, 0.3) is 5.57 Å². The summed E-state index contributed by atoms with van der Waals surface area (Å²) in [6.45, 7) is 4.26. The molecule has 0 aromatic heterocycles. The van der Waals surface area contributed by atoms with Crippen molar-refractivity contribution in [2.24, 2.45) is 10.8 Å². The van der Waals surface area contributed by atoms with E-state index in [2.05, 4.69) is 26.0 Å². The summed E-state index contributed by atoms with van der Waals surface area (Å²) in [5.74, 6) is -0.311. The number of hydrogen-bond acceptors (Lipinski definition) is 3. The average Bonchev–Trinajstić information content (AvgIpc) is 2.96. The first-order valence-corrected chi connectivity index (χ1v) is 7.86. The molecule has 0 unspecified atom stereocenters.